The van der Waals surface area contributed by atoms with Gasteiger partial charge in [0.2, 0.25) is 0 Å². The molecule has 0 atom stereocenters. The third-order valence-corrected chi connectivity index (χ3v) is 5.57. The molecule has 0 saturated carbocycles. The second-order valence-electron chi connectivity index (χ2n) is 8.17. The number of nitrogens with one attached hydrogen (secondary N) is 2. The van der Waals surface area contributed by atoms with Gasteiger partial charge in [-0.05, 0) is 72.7 Å². The highest BCUT2D eigenvalue weighted by Crippen LogP contribution is 2.23. The summed E-state index contributed by atoms with van der Waals surface area (Å²) in [7, 11) is 0. The molecule has 0 aliphatic rings. The minimum absolute atomic E-state index is 0.110. The number of benzene rings is 4. The van der Waals surface area contributed by atoms with Crippen molar-refractivity contribution in [2.45, 2.75) is 13.5 Å². The Bertz CT molecular complexity index is 1370. The molecule has 0 spiro atoms. The number of hydrogen-bond acceptors (Lipinski definition) is 3. The molecule has 0 radical (unpaired) electrons. The lowest BCUT2D eigenvalue weighted by atomic mass is 10.1. The molecule has 6 heteroatoms. The Kier molecular flexibility index (Phi) is 8.16. The highest BCUT2D eigenvalue weighted by atomic mass is 35.5. The van der Waals surface area contributed by atoms with Gasteiger partial charge < -0.3 is 15.4 Å². The topological polar surface area (TPSA) is 67.4 Å². The van der Waals surface area contributed by atoms with Crippen molar-refractivity contribution in [2.24, 2.45) is 0 Å². The van der Waals surface area contributed by atoms with Crippen LogP contribution in [0.5, 0.6) is 11.5 Å². The molecule has 4 aromatic rings. The molecule has 36 heavy (non-hydrogen) atoms. The average Bonchev–Trinajstić information content (AvgIpc) is 2.89. The molecule has 0 aliphatic carbocycles. The Morgan fingerprint density at radius 3 is 2.25 bits per heavy atom. The van der Waals surface area contributed by atoms with Crippen LogP contribution in [0, 0.1) is 6.92 Å². The SMILES string of the molecule is Cc1ccc(CNC(=O)/C(=C/c2cccc(Oc3ccccc3)c2)NC(=O)c2ccc(Cl)cc2)cc1. The fraction of sp³-hybridized carbons (Fsp3) is 0.0667. The molecule has 0 aromatic heterocycles. The highest BCUT2D eigenvalue weighted by molar-refractivity contribution is 6.30. The first-order valence-corrected chi connectivity index (χ1v) is 11.8. The van der Waals surface area contributed by atoms with Gasteiger partial charge >= 0.3 is 0 Å². The van der Waals surface area contributed by atoms with Gasteiger partial charge in [-0.25, -0.2) is 0 Å². The molecular weight excluding hydrogens is 472 g/mol. The fourth-order valence-corrected chi connectivity index (χ4v) is 3.52. The van der Waals surface area contributed by atoms with Crippen LogP contribution in [0.2, 0.25) is 5.02 Å². The van der Waals surface area contributed by atoms with Gasteiger partial charge in [0, 0.05) is 17.1 Å². The largest absolute Gasteiger partial charge is 0.457 e. The maximum Gasteiger partial charge on any atom is 0.268 e. The third kappa shape index (κ3) is 7.08. The van der Waals surface area contributed by atoms with Crippen LogP contribution in [0.4, 0.5) is 0 Å². The van der Waals surface area contributed by atoms with E-state index >= 15 is 0 Å². The summed E-state index contributed by atoms with van der Waals surface area (Å²) in [5.41, 5.74) is 3.28. The standard InChI is InChI=1S/C30H25ClN2O3/c1-21-10-12-22(13-11-21)20-32-30(35)28(33-29(34)24-14-16-25(31)17-15-24)19-23-6-5-9-27(18-23)36-26-7-3-2-4-8-26/h2-19H,20H2,1H3,(H,32,35)(H,33,34)/b28-19-. The zero-order valence-corrected chi connectivity index (χ0v) is 20.5. The van der Waals surface area contributed by atoms with Gasteiger partial charge in [-0.3, -0.25) is 9.59 Å². The van der Waals surface area contributed by atoms with E-state index in [4.69, 9.17) is 16.3 Å². The van der Waals surface area contributed by atoms with E-state index in [-0.39, 0.29) is 5.70 Å². The van der Waals surface area contributed by atoms with Crippen LogP contribution >= 0.6 is 11.6 Å². The van der Waals surface area contributed by atoms with Crippen LogP contribution in [0.15, 0.2) is 109 Å². The molecule has 5 nitrogen and oxygen atoms in total. The summed E-state index contributed by atoms with van der Waals surface area (Å²) in [4.78, 5) is 26.0. The van der Waals surface area contributed by atoms with Crippen molar-refractivity contribution in [1.82, 2.24) is 10.6 Å². The lowest BCUT2D eigenvalue weighted by Crippen LogP contribution is -2.34. The molecule has 4 rings (SSSR count). The molecule has 0 fully saturated rings. The van der Waals surface area contributed by atoms with E-state index in [2.05, 4.69) is 10.6 Å². The molecule has 2 amide bonds. The van der Waals surface area contributed by atoms with Crippen LogP contribution in [0.25, 0.3) is 6.08 Å². The molecule has 0 saturated heterocycles. The van der Waals surface area contributed by atoms with Gasteiger partial charge in [0.15, 0.2) is 0 Å². The number of carbonyl (C=O) groups is 2. The Labute approximate surface area is 215 Å². The van der Waals surface area contributed by atoms with Crippen molar-refractivity contribution in [1.29, 1.82) is 0 Å². The van der Waals surface area contributed by atoms with Gasteiger partial charge in [-0.2, -0.15) is 0 Å². The predicted octanol–water partition coefficient (Wildman–Crippen LogP) is 6.53. The van der Waals surface area contributed by atoms with E-state index in [1.54, 1.807) is 36.4 Å². The van der Waals surface area contributed by atoms with Crippen molar-refractivity contribution in [3.05, 3.63) is 136 Å². The molecule has 180 valence electrons. The summed E-state index contributed by atoms with van der Waals surface area (Å²) in [5, 5.41) is 6.15. The molecule has 4 aromatic carbocycles. The third-order valence-electron chi connectivity index (χ3n) is 5.32. The zero-order chi connectivity index (χ0) is 25.3. The first-order valence-electron chi connectivity index (χ1n) is 11.4. The van der Waals surface area contributed by atoms with Crippen LogP contribution in [0.3, 0.4) is 0 Å². The van der Waals surface area contributed by atoms with Gasteiger partial charge in [0.25, 0.3) is 11.8 Å². The number of ether oxygens (including phenoxy) is 1. The van der Waals surface area contributed by atoms with Gasteiger partial charge in [-0.15, -0.1) is 0 Å². The van der Waals surface area contributed by atoms with Crippen LogP contribution in [-0.4, -0.2) is 11.8 Å². The van der Waals surface area contributed by atoms with Crippen LogP contribution < -0.4 is 15.4 Å². The van der Waals surface area contributed by atoms with Gasteiger partial charge in [-0.1, -0.05) is 71.8 Å². The van der Waals surface area contributed by atoms with Crippen molar-refractivity contribution in [3.8, 4) is 11.5 Å². The Morgan fingerprint density at radius 1 is 0.833 bits per heavy atom. The van der Waals surface area contributed by atoms with E-state index in [0.717, 1.165) is 11.1 Å². The van der Waals surface area contributed by atoms with E-state index in [0.29, 0.717) is 34.2 Å². The van der Waals surface area contributed by atoms with E-state index in [9.17, 15) is 9.59 Å². The summed E-state index contributed by atoms with van der Waals surface area (Å²) in [5.74, 6) is 0.483. The van der Waals surface area contributed by atoms with Crippen LogP contribution in [-0.2, 0) is 11.3 Å². The first kappa shape index (κ1) is 24.8. The number of aryl methyl sites for hydroxylation is 1. The summed E-state index contributed by atoms with van der Waals surface area (Å²) in [6.07, 6.45) is 1.62. The molecule has 0 unspecified atom stereocenters. The summed E-state index contributed by atoms with van der Waals surface area (Å²) in [6.45, 7) is 2.33. The lowest BCUT2D eigenvalue weighted by Gasteiger charge is -2.12. The van der Waals surface area contributed by atoms with Crippen molar-refractivity contribution in [2.75, 3.05) is 0 Å². The second kappa shape index (κ2) is 11.9. The normalized spacial score (nSPS) is 11.0. The predicted molar refractivity (Wildman–Crippen MR) is 143 cm³/mol. The Morgan fingerprint density at radius 2 is 1.53 bits per heavy atom. The summed E-state index contributed by atoms with van der Waals surface area (Å²) in [6, 6.07) is 31.0. The quantitative estimate of drug-likeness (QED) is 0.272. The number of halogens is 1. The minimum atomic E-state index is -0.417. The first-order chi connectivity index (χ1) is 17.5. The van der Waals surface area contributed by atoms with Crippen molar-refractivity contribution < 1.29 is 14.3 Å². The van der Waals surface area contributed by atoms with Crippen LogP contribution in [0.1, 0.15) is 27.0 Å². The molecular formula is C30H25ClN2O3. The maximum atomic E-state index is 13.1. The zero-order valence-electron chi connectivity index (χ0n) is 19.7. The minimum Gasteiger partial charge on any atom is -0.457 e. The second-order valence-corrected chi connectivity index (χ2v) is 8.61. The highest BCUT2D eigenvalue weighted by Gasteiger charge is 2.15. The lowest BCUT2D eigenvalue weighted by molar-refractivity contribution is -0.117. The summed E-state index contributed by atoms with van der Waals surface area (Å²) >= 11 is 5.94. The number of rotatable bonds is 8. The molecule has 2 N–H and O–H groups in total. The van der Waals surface area contributed by atoms with E-state index in [1.165, 1.54) is 0 Å². The average molecular weight is 497 g/mol. The van der Waals surface area contributed by atoms with Crippen molar-refractivity contribution in [3.63, 3.8) is 0 Å². The van der Waals surface area contributed by atoms with Gasteiger partial charge in [0.1, 0.15) is 17.2 Å². The molecule has 0 aliphatic heterocycles. The molecule has 0 heterocycles. The van der Waals surface area contributed by atoms with E-state index in [1.807, 2.05) is 79.7 Å². The maximum absolute atomic E-state index is 13.1. The monoisotopic (exact) mass is 496 g/mol. The Balaban J connectivity index is 1.57. The van der Waals surface area contributed by atoms with Crippen molar-refractivity contribution >= 4 is 29.5 Å². The number of amides is 2. The number of hydrogen-bond donors (Lipinski definition) is 2. The van der Waals surface area contributed by atoms with E-state index < -0.39 is 11.8 Å². The smallest absolute Gasteiger partial charge is 0.268 e. The number of para-hydroxylation sites is 1. The summed E-state index contributed by atoms with van der Waals surface area (Å²) < 4.78 is 5.91. The Hall–Kier alpha value is -4.35. The fourth-order valence-electron chi connectivity index (χ4n) is 3.40. The van der Waals surface area contributed by atoms with Gasteiger partial charge in [0.05, 0.1) is 0 Å². The number of carbonyl (C=O) groups excluding carboxylic acids is 2. The molecule has 0 bridgehead atoms.